The molecule has 21 heavy (non-hydrogen) atoms. The second-order valence-electron chi connectivity index (χ2n) is 5.87. The Morgan fingerprint density at radius 2 is 2.14 bits per heavy atom. The molecular weight excluding hydrogens is 290 g/mol. The molecule has 1 amide bonds. The fourth-order valence-electron chi connectivity index (χ4n) is 2.38. The highest BCUT2D eigenvalue weighted by molar-refractivity contribution is 6.31. The van der Waals surface area contributed by atoms with Crippen LogP contribution < -0.4 is 11.1 Å². The summed E-state index contributed by atoms with van der Waals surface area (Å²) in [5.74, 6) is -0.0682. The van der Waals surface area contributed by atoms with Crippen molar-refractivity contribution in [1.82, 2.24) is 4.90 Å². The van der Waals surface area contributed by atoms with Gasteiger partial charge in [-0.15, -0.1) is 0 Å². The molecule has 1 aromatic rings. The lowest BCUT2D eigenvalue weighted by Gasteiger charge is -2.35. The van der Waals surface area contributed by atoms with Crippen LogP contribution in [0.15, 0.2) is 18.2 Å². The van der Waals surface area contributed by atoms with E-state index < -0.39 is 5.60 Å². The summed E-state index contributed by atoms with van der Waals surface area (Å²) in [6.45, 7) is 4.20. The first kappa shape index (κ1) is 16.1. The van der Waals surface area contributed by atoms with E-state index in [1.807, 2.05) is 6.92 Å². The van der Waals surface area contributed by atoms with Crippen LogP contribution in [0.2, 0.25) is 5.02 Å². The number of benzene rings is 1. The summed E-state index contributed by atoms with van der Waals surface area (Å²) in [6, 6.07) is 5.01. The van der Waals surface area contributed by atoms with Gasteiger partial charge in [0.15, 0.2) is 0 Å². The van der Waals surface area contributed by atoms with Crippen LogP contribution in [0.25, 0.3) is 0 Å². The Balaban J connectivity index is 1.78. The molecule has 5 nitrogen and oxygen atoms in total. The van der Waals surface area contributed by atoms with Crippen molar-refractivity contribution in [3.8, 4) is 0 Å². The molecule has 0 radical (unpaired) electrons. The highest BCUT2D eigenvalue weighted by Gasteiger charge is 2.27. The van der Waals surface area contributed by atoms with E-state index in [2.05, 4.69) is 10.2 Å². The first-order valence-electron chi connectivity index (χ1n) is 7.15. The molecule has 0 atom stereocenters. The van der Waals surface area contributed by atoms with Crippen molar-refractivity contribution < 1.29 is 9.90 Å². The number of aliphatic hydroxyl groups is 1. The van der Waals surface area contributed by atoms with Crippen molar-refractivity contribution in [3.05, 3.63) is 23.2 Å². The summed E-state index contributed by atoms with van der Waals surface area (Å²) >= 11 is 5.82. The summed E-state index contributed by atoms with van der Waals surface area (Å²) in [5.41, 5.74) is 6.29. The number of carbonyl (C=O) groups is 1. The predicted octanol–water partition coefficient (Wildman–Crippen LogP) is 2.10. The molecule has 1 fully saturated rings. The van der Waals surface area contributed by atoms with Gasteiger partial charge in [-0.05, 0) is 38.0 Å². The maximum atomic E-state index is 11.9. The molecule has 1 saturated heterocycles. The molecule has 1 heterocycles. The van der Waals surface area contributed by atoms with E-state index in [0.717, 1.165) is 25.9 Å². The molecule has 1 aromatic carbocycles. The number of hydrogen-bond donors (Lipinski definition) is 3. The summed E-state index contributed by atoms with van der Waals surface area (Å²) in [6.07, 6.45) is 1.90. The average molecular weight is 312 g/mol. The van der Waals surface area contributed by atoms with Crippen LogP contribution in [0, 0.1) is 0 Å². The number of nitrogens with one attached hydrogen (secondary N) is 1. The van der Waals surface area contributed by atoms with Crippen molar-refractivity contribution in [2.24, 2.45) is 0 Å². The van der Waals surface area contributed by atoms with Crippen LogP contribution in [0.1, 0.15) is 26.2 Å². The first-order valence-corrected chi connectivity index (χ1v) is 7.53. The summed E-state index contributed by atoms with van der Waals surface area (Å²) in [7, 11) is 0. The first-order chi connectivity index (χ1) is 9.85. The minimum atomic E-state index is -0.559. The summed E-state index contributed by atoms with van der Waals surface area (Å²) in [4.78, 5) is 14.1. The number of rotatable bonds is 4. The van der Waals surface area contributed by atoms with Crippen molar-refractivity contribution in [2.45, 2.75) is 31.8 Å². The normalized spacial score (nSPS) is 18.4. The highest BCUT2D eigenvalue weighted by atomic mass is 35.5. The lowest BCUT2D eigenvalue weighted by molar-refractivity contribution is -0.116. The Hall–Kier alpha value is -1.30. The van der Waals surface area contributed by atoms with Gasteiger partial charge >= 0.3 is 0 Å². The van der Waals surface area contributed by atoms with Gasteiger partial charge in [0.1, 0.15) is 0 Å². The van der Waals surface area contributed by atoms with E-state index >= 15 is 0 Å². The van der Waals surface area contributed by atoms with Crippen LogP contribution in [0.3, 0.4) is 0 Å². The Kier molecular flexibility index (Phi) is 5.08. The zero-order valence-corrected chi connectivity index (χ0v) is 13.0. The molecule has 0 saturated carbocycles. The fraction of sp³-hybridized carbons (Fsp3) is 0.533. The zero-order valence-electron chi connectivity index (χ0n) is 12.2. The van der Waals surface area contributed by atoms with Gasteiger partial charge in [0.2, 0.25) is 5.91 Å². The molecule has 1 aliphatic rings. The SMILES string of the molecule is CC1(O)CCN(CCC(=O)Nc2ccc(Cl)cc2N)CC1. The molecule has 2 rings (SSSR count). The smallest absolute Gasteiger partial charge is 0.225 e. The zero-order chi connectivity index (χ0) is 15.5. The maximum absolute atomic E-state index is 11.9. The largest absolute Gasteiger partial charge is 0.397 e. The Morgan fingerprint density at radius 3 is 2.76 bits per heavy atom. The maximum Gasteiger partial charge on any atom is 0.225 e. The van der Waals surface area contributed by atoms with Crippen molar-refractivity contribution in [3.63, 3.8) is 0 Å². The second kappa shape index (κ2) is 6.64. The van der Waals surface area contributed by atoms with Gasteiger partial charge in [-0.1, -0.05) is 11.6 Å². The average Bonchev–Trinajstić information content (AvgIpc) is 2.41. The van der Waals surface area contributed by atoms with Crippen molar-refractivity contribution in [1.29, 1.82) is 0 Å². The number of nitrogens with zero attached hydrogens (tertiary/aromatic N) is 1. The van der Waals surface area contributed by atoms with Crippen molar-refractivity contribution in [2.75, 3.05) is 30.7 Å². The molecule has 0 aromatic heterocycles. The Bertz CT molecular complexity index is 510. The Morgan fingerprint density at radius 1 is 1.48 bits per heavy atom. The number of piperidine rings is 1. The number of halogens is 1. The van der Waals surface area contributed by atoms with Crippen molar-refractivity contribution >= 4 is 28.9 Å². The van der Waals surface area contributed by atoms with Crippen LogP contribution in [0.4, 0.5) is 11.4 Å². The van der Waals surface area contributed by atoms with Crippen LogP contribution >= 0.6 is 11.6 Å². The molecule has 0 aliphatic carbocycles. The van der Waals surface area contributed by atoms with Crippen LogP contribution in [0.5, 0.6) is 0 Å². The van der Waals surface area contributed by atoms with Gasteiger partial charge in [0, 0.05) is 31.1 Å². The number of hydrogen-bond acceptors (Lipinski definition) is 4. The molecule has 4 N–H and O–H groups in total. The van der Waals surface area contributed by atoms with Gasteiger partial charge in [-0.3, -0.25) is 4.79 Å². The van der Waals surface area contributed by atoms with Gasteiger partial charge in [-0.25, -0.2) is 0 Å². The van der Waals surface area contributed by atoms with Gasteiger partial charge in [0.25, 0.3) is 0 Å². The second-order valence-corrected chi connectivity index (χ2v) is 6.30. The molecule has 6 heteroatoms. The lowest BCUT2D eigenvalue weighted by Crippen LogP contribution is -2.43. The number of nitrogens with two attached hydrogens (primary N) is 1. The quantitative estimate of drug-likeness (QED) is 0.744. The number of carbonyl (C=O) groups excluding carboxylic acids is 1. The fourth-order valence-corrected chi connectivity index (χ4v) is 2.56. The third kappa shape index (κ3) is 4.88. The minimum Gasteiger partial charge on any atom is -0.397 e. The summed E-state index contributed by atoms with van der Waals surface area (Å²) in [5, 5.41) is 13.2. The number of anilines is 2. The van der Waals surface area contributed by atoms with Gasteiger partial charge in [0.05, 0.1) is 17.0 Å². The van der Waals surface area contributed by atoms with Gasteiger partial charge in [-0.2, -0.15) is 0 Å². The van der Waals surface area contributed by atoms with E-state index in [1.54, 1.807) is 18.2 Å². The van der Waals surface area contributed by atoms with E-state index in [0.29, 0.717) is 29.4 Å². The molecule has 0 unspecified atom stereocenters. The van der Waals surface area contributed by atoms with Crippen LogP contribution in [-0.4, -0.2) is 41.1 Å². The van der Waals surface area contributed by atoms with Crippen LogP contribution in [-0.2, 0) is 4.79 Å². The number of nitrogen functional groups attached to an aromatic ring is 1. The third-order valence-electron chi connectivity index (χ3n) is 3.88. The molecule has 0 bridgehead atoms. The molecule has 116 valence electrons. The lowest BCUT2D eigenvalue weighted by atomic mass is 9.94. The standard InChI is InChI=1S/C15H22ClN3O2/c1-15(21)5-8-19(9-6-15)7-4-14(20)18-13-3-2-11(16)10-12(13)17/h2-3,10,21H,4-9,17H2,1H3,(H,18,20). The Labute approximate surface area is 130 Å². The van der Waals surface area contributed by atoms with E-state index in [1.165, 1.54) is 0 Å². The van der Waals surface area contributed by atoms with E-state index in [9.17, 15) is 9.90 Å². The third-order valence-corrected chi connectivity index (χ3v) is 4.11. The topological polar surface area (TPSA) is 78.6 Å². The van der Waals surface area contributed by atoms with E-state index in [-0.39, 0.29) is 5.91 Å². The predicted molar refractivity (Wildman–Crippen MR) is 85.4 cm³/mol. The highest BCUT2D eigenvalue weighted by Crippen LogP contribution is 2.23. The molecule has 0 spiro atoms. The monoisotopic (exact) mass is 311 g/mol. The molecular formula is C15H22ClN3O2. The minimum absolute atomic E-state index is 0.0682. The number of likely N-dealkylation sites (tertiary alicyclic amines) is 1. The number of amides is 1. The van der Waals surface area contributed by atoms with E-state index in [4.69, 9.17) is 17.3 Å². The molecule has 1 aliphatic heterocycles. The van der Waals surface area contributed by atoms with Gasteiger partial charge < -0.3 is 21.1 Å². The summed E-state index contributed by atoms with van der Waals surface area (Å²) < 4.78 is 0.